The van der Waals surface area contributed by atoms with Gasteiger partial charge in [0.15, 0.2) is 0 Å². The highest BCUT2D eigenvalue weighted by atomic mass is 16.5. The van der Waals surface area contributed by atoms with Crippen LogP contribution in [0.2, 0.25) is 0 Å². The third-order valence-electron chi connectivity index (χ3n) is 3.75. The zero-order valence-corrected chi connectivity index (χ0v) is 11.4. The molecule has 0 amide bonds. The molecule has 2 N–H and O–H groups in total. The van der Waals surface area contributed by atoms with Gasteiger partial charge in [0, 0.05) is 51.2 Å². The maximum Gasteiger partial charge on any atom is 0.0538 e. The van der Waals surface area contributed by atoms with Crippen molar-refractivity contribution in [1.29, 1.82) is 0 Å². The Kier molecular flexibility index (Phi) is 4.74. The zero-order chi connectivity index (χ0) is 13.0. The second kappa shape index (κ2) is 6.31. The number of aromatic nitrogens is 2. The van der Waals surface area contributed by atoms with E-state index in [2.05, 4.69) is 23.2 Å². The topological polar surface area (TPSA) is 56.3 Å². The van der Waals surface area contributed by atoms with E-state index in [4.69, 9.17) is 10.5 Å². The van der Waals surface area contributed by atoms with Gasteiger partial charge in [0.1, 0.15) is 0 Å². The predicted molar refractivity (Wildman–Crippen MR) is 71.2 cm³/mol. The lowest BCUT2D eigenvalue weighted by atomic mass is 9.98. The molecule has 0 saturated carbocycles. The molecule has 1 saturated heterocycles. The van der Waals surface area contributed by atoms with Gasteiger partial charge in [0.25, 0.3) is 0 Å². The molecule has 1 atom stereocenters. The Morgan fingerprint density at radius 1 is 1.56 bits per heavy atom. The van der Waals surface area contributed by atoms with E-state index in [1.807, 2.05) is 17.9 Å². The SMILES string of the molecule is CN(CC1CCOCC1)C(CN)c1cnn(C)c1. The molecule has 5 nitrogen and oxygen atoms in total. The number of likely N-dealkylation sites (N-methyl/N-ethyl adjacent to an activating group) is 1. The van der Waals surface area contributed by atoms with Crippen LogP contribution in [0.15, 0.2) is 12.4 Å². The second-order valence-electron chi connectivity index (χ2n) is 5.19. The van der Waals surface area contributed by atoms with Gasteiger partial charge in [-0.1, -0.05) is 0 Å². The molecular weight excluding hydrogens is 228 g/mol. The van der Waals surface area contributed by atoms with E-state index in [0.717, 1.165) is 38.5 Å². The molecule has 1 aromatic rings. The Morgan fingerprint density at radius 2 is 2.28 bits per heavy atom. The van der Waals surface area contributed by atoms with Crippen LogP contribution in [0.4, 0.5) is 0 Å². The first kappa shape index (κ1) is 13.5. The van der Waals surface area contributed by atoms with Crippen LogP contribution in [-0.2, 0) is 11.8 Å². The average Bonchev–Trinajstić information content (AvgIpc) is 2.78. The van der Waals surface area contributed by atoms with Crippen LogP contribution >= 0.6 is 0 Å². The smallest absolute Gasteiger partial charge is 0.0538 e. The zero-order valence-electron chi connectivity index (χ0n) is 11.4. The van der Waals surface area contributed by atoms with Crippen LogP contribution in [0.5, 0.6) is 0 Å². The Bertz CT molecular complexity index is 360. The maximum atomic E-state index is 5.92. The summed E-state index contributed by atoms with van der Waals surface area (Å²) in [6.07, 6.45) is 6.29. The number of aryl methyl sites for hydroxylation is 1. The van der Waals surface area contributed by atoms with Crippen LogP contribution in [-0.4, -0.2) is 48.0 Å². The normalized spacial score (nSPS) is 19.3. The molecule has 0 aromatic carbocycles. The van der Waals surface area contributed by atoms with E-state index < -0.39 is 0 Å². The van der Waals surface area contributed by atoms with Crippen molar-refractivity contribution in [3.05, 3.63) is 18.0 Å². The average molecular weight is 252 g/mol. The van der Waals surface area contributed by atoms with Crippen molar-refractivity contribution in [2.45, 2.75) is 18.9 Å². The maximum absolute atomic E-state index is 5.92. The van der Waals surface area contributed by atoms with E-state index in [1.165, 1.54) is 5.56 Å². The van der Waals surface area contributed by atoms with Crippen molar-refractivity contribution in [2.24, 2.45) is 18.7 Å². The minimum absolute atomic E-state index is 0.265. The highest BCUT2D eigenvalue weighted by Gasteiger charge is 2.21. The van der Waals surface area contributed by atoms with Crippen LogP contribution in [0, 0.1) is 5.92 Å². The number of hydrogen-bond donors (Lipinski definition) is 1. The van der Waals surface area contributed by atoms with Crippen LogP contribution < -0.4 is 5.73 Å². The quantitative estimate of drug-likeness (QED) is 0.841. The fourth-order valence-corrected chi connectivity index (χ4v) is 2.65. The number of hydrogen-bond acceptors (Lipinski definition) is 4. The van der Waals surface area contributed by atoms with Crippen molar-refractivity contribution < 1.29 is 4.74 Å². The van der Waals surface area contributed by atoms with E-state index in [9.17, 15) is 0 Å². The van der Waals surface area contributed by atoms with Gasteiger partial charge in [-0.3, -0.25) is 9.58 Å². The largest absolute Gasteiger partial charge is 0.381 e. The molecule has 1 aliphatic rings. The van der Waals surface area contributed by atoms with Crippen molar-refractivity contribution in [3.8, 4) is 0 Å². The Morgan fingerprint density at radius 3 is 2.83 bits per heavy atom. The lowest BCUT2D eigenvalue weighted by molar-refractivity contribution is 0.0507. The van der Waals surface area contributed by atoms with E-state index >= 15 is 0 Å². The number of nitrogens with zero attached hydrogens (tertiary/aromatic N) is 3. The fraction of sp³-hybridized carbons (Fsp3) is 0.769. The van der Waals surface area contributed by atoms with Crippen molar-refractivity contribution in [3.63, 3.8) is 0 Å². The van der Waals surface area contributed by atoms with Crippen molar-refractivity contribution >= 4 is 0 Å². The molecule has 2 rings (SSSR count). The summed E-state index contributed by atoms with van der Waals surface area (Å²) in [7, 11) is 4.09. The Balaban J connectivity index is 1.94. The third-order valence-corrected chi connectivity index (χ3v) is 3.75. The van der Waals surface area contributed by atoms with Crippen molar-refractivity contribution in [1.82, 2.24) is 14.7 Å². The summed E-state index contributed by atoms with van der Waals surface area (Å²) < 4.78 is 7.23. The van der Waals surface area contributed by atoms with E-state index in [1.54, 1.807) is 0 Å². The third kappa shape index (κ3) is 3.31. The number of rotatable bonds is 5. The van der Waals surface area contributed by atoms with Gasteiger partial charge in [-0.2, -0.15) is 5.10 Å². The number of ether oxygens (including phenoxy) is 1. The summed E-state index contributed by atoms with van der Waals surface area (Å²) in [6, 6.07) is 0.265. The molecule has 0 aliphatic carbocycles. The lowest BCUT2D eigenvalue weighted by Crippen LogP contribution is -2.35. The molecule has 1 unspecified atom stereocenters. The number of nitrogens with two attached hydrogens (primary N) is 1. The minimum atomic E-state index is 0.265. The first-order valence-corrected chi connectivity index (χ1v) is 6.67. The molecule has 5 heteroatoms. The second-order valence-corrected chi connectivity index (χ2v) is 5.19. The summed E-state index contributed by atoms with van der Waals surface area (Å²) in [5.41, 5.74) is 7.12. The van der Waals surface area contributed by atoms with Crippen molar-refractivity contribution in [2.75, 3.05) is 33.4 Å². The van der Waals surface area contributed by atoms with Crippen LogP contribution in [0.1, 0.15) is 24.4 Å². The Hall–Kier alpha value is -0.910. The molecule has 2 heterocycles. The molecule has 102 valence electrons. The molecule has 1 fully saturated rings. The monoisotopic (exact) mass is 252 g/mol. The first-order valence-electron chi connectivity index (χ1n) is 6.67. The van der Waals surface area contributed by atoms with Crippen LogP contribution in [0.25, 0.3) is 0 Å². The van der Waals surface area contributed by atoms with Gasteiger partial charge < -0.3 is 10.5 Å². The fourth-order valence-electron chi connectivity index (χ4n) is 2.65. The highest BCUT2D eigenvalue weighted by Crippen LogP contribution is 2.22. The molecule has 0 bridgehead atoms. The first-order chi connectivity index (χ1) is 8.70. The summed E-state index contributed by atoms with van der Waals surface area (Å²) in [5.74, 6) is 0.731. The summed E-state index contributed by atoms with van der Waals surface area (Å²) in [5, 5.41) is 4.23. The summed E-state index contributed by atoms with van der Waals surface area (Å²) in [4.78, 5) is 2.35. The molecule has 0 radical (unpaired) electrons. The summed E-state index contributed by atoms with van der Waals surface area (Å²) >= 11 is 0. The van der Waals surface area contributed by atoms with Gasteiger partial charge >= 0.3 is 0 Å². The van der Waals surface area contributed by atoms with Gasteiger partial charge in [0.05, 0.1) is 6.20 Å². The molecule has 1 aliphatic heterocycles. The van der Waals surface area contributed by atoms with Gasteiger partial charge in [0.2, 0.25) is 0 Å². The molecular formula is C13H24N4O. The van der Waals surface area contributed by atoms with E-state index in [0.29, 0.717) is 6.54 Å². The molecule has 1 aromatic heterocycles. The van der Waals surface area contributed by atoms with Gasteiger partial charge in [-0.05, 0) is 25.8 Å². The minimum Gasteiger partial charge on any atom is -0.381 e. The summed E-state index contributed by atoms with van der Waals surface area (Å²) in [6.45, 7) is 3.52. The predicted octanol–water partition coefficient (Wildman–Crippen LogP) is 0.778. The van der Waals surface area contributed by atoms with Gasteiger partial charge in [-0.25, -0.2) is 0 Å². The standard InChI is InChI=1S/C13H24N4O/c1-16(9-11-3-5-18-6-4-11)13(7-14)12-8-15-17(2)10-12/h8,10-11,13H,3-7,9,14H2,1-2H3. The molecule has 18 heavy (non-hydrogen) atoms. The molecule has 0 spiro atoms. The van der Waals surface area contributed by atoms with Crippen LogP contribution in [0.3, 0.4) is 0 Å². The lowest BCUT2D eigenvalue weighted by Gasteiger charge is -2.31. The van der Waals surface area contributed by atoms with E-state index in [-0.39, 0.29) is 6.04 Å². The van der Waals surface area contributed by atoms with Gasteiger partial charge in [-0.15, -0.1) is 0 Å². The Labute approximate surface area is 109 Å². The highest BCUT2D eigenvalue weighted by molar-refractivity contribution is 5.11.